The molecule has 0 aliphatic heterocycles. The Labute approximate surface area is 88.8 Å². The standard InChI is InChI=1S/C9H7BrN2O2/c1-6-9(11-14-12(6)13)7-2-4-8(10)5-3-7/h2-5H,1H3. The van der Waals surface area contributed by atoms with Gasteiger partial charge in [0.2, 0.25) is 5.69 Å². The molecule has 0 fully saturated rings. The van der Waals surface area contributed by atoms with E-state index in [0.717, 1.165) is 10.0 Å². The molecule has 0 atom stereocenters. The van der Waals surface area contributed by atoms with Gasteiger partial charge in [-0.15, -0.1) is 0 Å². The van der Waals surface area contributed by atoms with Crippen LogP contribution < -0.4 is 4.90 Å². The van der Waals surface area contributed by atoms with Gasteiger partial charge in [0.1, 0.15) is 0 Å². The fourth-order valence-corrected chi connectivity index (χ4v) is 1.43. The van der Waals surface area contributed by atoms with Crippen LogP contribution in [0.25, 0.3) is 11.3 Å². The lowest BCUT2D eigenvalue weighted by atomic mass is 10.1. The second-order valence-electron chi connectivity index (χ2n) is 2.87. The zero-order valence-corrected chi connectivity index (χ0v) is 8.98. The molecule has 2 rings (SSSR count). The van der Waals surface area contributed by atoms with Gasteiger partial charge < -0.3 is 5.21 Å². The summed E-state index contributed by atoms with van der Waals surface area (Å²) in [4.78, 5) is 0.400. The van der Waals surface area contributed by atoms with E-state index >= 15 is 0 Å². The first kappa shape index (κ1) is 9.21. The monoisotopic (exact) mass is 254 g/mol. The first-order valence-corrected chi connectivity index (χ1v) is 4.80. The lowest BCUT2D eigenvalue weighted by Crippen LogP contribution is -2.25. The Morgan fingerprint density at radius 3 is 2.50 bits per heavy atom. The molecule has 14 heavy (non-hydrogen) atoms. The fraction of sp³-hybridized carbons (Fsp3) is 0.111. The smallest absolute Gasteiger partial charge is 0.251 e. The van der Waals surface area contributed by atoms with Crippen molar-refractivity contribution < 1.29 is 9.53 Å². The number of benzene rings is 1. The summed E-state index contributed by atoms with van der Waals surface area (Å²) >= 11 is 3.33. The summed E-state index contributed by atoms with van der Waals surface area (Å²) in [6.45, 7) is 1.67. The van der Waals surface area contributed by atoms with Crippen LogP contribution in [-0.2, 0) is 0 Å². The number of halogens is 1. The van der Waals surface area contributed by atoms with Crippen LogP contribution in [0, 0.1) is 12.1 Å². The van der Waals surface area contributed by atoms with Gasteiger partial charge in [-0.25, -0.2) is 0 Å². The van der Waals surface area contributed by atoms with Crippen LogP contribution in [0.2, 0.25) is 0 Å². The molecule has 2 aromatic rings. The molecule has 1 aromatic heterocycles. The van der Waals surface area contributed by atoms with Crippen LogP contribution in [0.15, 0.2) is 33.4 Å². The van der Waals surface area contributed by atoms with Gasteiger partial charge in [-0.1, -0.05) is 15.9 Å². The topological polar surface area (TPSA) is 53.0 Å². The molecule has 0 saturated carbocycles. The minimum absolute atomic E-state index is 0.400. The SMILES string of the molecule is Cc1c(-c2ccc(Br)cc2)no[n+]1[O-]. The molecule has 0 spiro atoms. The minimum Gasteiger partial charge on any atom is -0.359 e. The number of hydrogen-bond acceptors (Lipinski definition) is 3. The van der Waals surface area contributed by atoms with Crippen LogP contribution in [-0.4, -0.2) is 5.16 Å². The summed E-state index contributed by atoms with van der Waals surface area (Å²) in [5, 5.41) is 14.6. The van der Waals surface area contributed by atoms with Crippen molar-refractivity contribution in [2.45, 2.75) is 6.92 Å². The summed E-state index contributed by atoms with van der Waals surface area (Å²) < 4.78 is 5.46. The largest absolute Gasteiger partial charge is 0.359 e. The van der Waals surface area contributed by atoms with Crippen molar-refractivity contribution in [1.29, 1.82) is 0 Å². The minimum atomic E-state index is 0.400. The lowest BCUT2D eigenvalue weighted by molar-refractivity contribution is -0.806. The molecule has 0 aliphatic carbocycles. The highest BCUT2D eigenvalue weighted by Gasteiger charge is 2.15. The molecule has 0 saturated heterocycles. The lowest BCUT2D eigenvalue weighted by Gasteiger charge is -1.93. The Hall–Kier alpha value is -1.36. The van der Waals surface area contributed by atoms with Crippen LogP contribution in [0.5, 0.6) is 0 Å². The molecule has 4 nitrogen and oxygen atoms in total. The van der Waals surface area contributed by atoms with Crippen molar-refractivity contribution in [3.63, 3.8) is 0 Å². The van der Waals surface area contributed by atoms with Crippen molar-refractivity contribution in [2.24, 2.45) is 0 Å². The van der Waals surface area contributed by atoms with Gasteiger partial charge >= 0.3 is 0 Å². The molecule has 0 aliphatic rings. The predicted octanol–water partition coefficient (Wildman–Crippen LogP) is 2.05. The third kappa shape index (κ3) is 1.50. The average Bonchev–Trinajstić information content (AvgIpc) is 2.50. The zero-order valence-electron chi connectivity index (χ0n) is 7.40. The van der Waals surface area contributed by atoms with E-state index in [1.165, 1.54) is 0 Å². The second-order valence-corrected chi connectivity index (χ2v) is 3.79. The first-order chi connectivity index (χ1) is 6.68. The number of rotatable bonds is 1. The van der Waals surface area contributed by atoms with Gasteiger partial charge in [0.05, 0.1) is 0 Å². The van der Waals surface area contributed by atoms with Gasteiger partial charge in [-0.05, 0) is 29.2 Å². The van der Waals surface area contributed by atoms with Gasteiger partial charge in [-0.2, -0.15) is 0 Å². The third-order valence-electron chi connectivity index (χ3n) is 1.94. The van der Waals surface area contributed by atoms with E-state index in [4.69, 9.17) is 0 Å². The Morgan fingerprint density at radius 2 is 2.00 bits per heavy atom. The van der Waals surface area contributed by atoms with Gasteiger partial charge in [0.25, 0.3) is 5.69 Å². The maximum atomic E-state index is 11.0. The molecule has 1 aromatic carbocycles. The van der Waals surface area contributed by atoms with E-state index in [0.29, 0.717) is 16.3 Å². The Morgan fingerprint density at radius 1 is 1.36 bits per heavy atom. The van der Waals surface area contributed by atoms with E-state index in [-0.39, 0.29) is 0 Å². The van der Waals surface area contributed by atoms with E-state index in [2.05, 4.69) is 25.7 Å². The summed E-state index contributed by atoms with van der Waals surface area (Å²) in [5.74, 6) is 0. The van der Waals surface area contributed by atoms with Crippen LogP contribution >= 0.6 is 15.9 Å². The van der Waals surface area contributed by atoms with E-state index in [9.17, 15) is 5.21 Å². The molecule has 5 heteroatoms. The Bertz CT molecular complexity index is 450. The molecule has 0 N–H and O–H groups in total. The van der Waals surface area contributed by atoms with Crippen molar-refractivity contribution in [3.8, 4) is 11.3 Å². The Balaban J connectivity index is 2.49. The van der Waals surface area contributed by atoms with Crippen LogP contribution in [0.1, 0.15) is 5.69 Å². The van der Waals surface area contributed by atoms with E-state index < -0.39 is 0 Å². The zero-order chi connectivity index (χ0) is 10.1. The van der Waals surface area contributed by atoms with Crippen LogP contribution in [0.3, 0.4) is 0 Å². The first-order valence-electron chi connectivity index (χ1n) is 4.01. The summed E-state index contributed by atoms with van der Waals surface area (Å²) in [6.07, 6.45) is 0. The quantitative estimate of drug-likeness (QED) is 0.732. The van der Waals surface area contributed by atoms with Crippen LogP contribution in [0.4, 0.5) is 0 Å². The van der Waals surface area contributed by atoms with Crippen molar-refractivity contribution in [1.82, 2.24) is 5.16 Å². The van der Waals surface area contributed by atoms with Crippen molar-refractivity contribution >= 4 is 15.9 Å². The molecule has 0 bridgehead atoms. The summed E-state index contributed by atoms with van der Waals surface area (Å²) in [6, 6.07) is 7.51. The Kier molecular flexibility index (Phi) is 2.25. The fourth-order valence-electron chi connectivity index (χ4n) is 1.16. The van der Waals surface area contributed by atoms with E-state index in [1.807, 2.05) is 24.3 Å². The highest BCUT2D eigenvalue weighted by atomic mass is 79.9. The second kappa shape index (κ2) is 3.42. The molecular formula is C9H7BrN2O2. The molecule has 0 unspecified atom stereocenters. The van der Waals surface area contributed by atoms with E-state index in [1.54, 1.807) is 6.92 Å². The summed E-state index contributed by atoms with van der Waals surface area (Å²) in [7, 11) is 0. The van der Waals surface area contributed by atoms with Crippen molar-refractivity contribution in [2.75, 3.05) is 0 Å². The number of aromatic nitrogens is 2. The third-order valence-corrected chi connectivity index (χ3v) is 2.47. The molecule has 1 heterocycles. The van der Waals surface area contributed by atoms with Gasteiger partial charge in [0, 0.05) is 22.1 Å². The highest BCUT2D eigenvalue weighted by Crippen LogP contribution is 2.21. The molecular weight excluding hydrogens is 248 g/mol. The predicted molar refractivity (Wildman–Crippen MR) is 53.3 cm³/mol. The summed E-state index contributed by atoms with van der Waals surface area (Å²) in [5.41, 5.74) is 1.91. The maximum absolute atomic E-state index is 11.0. The van der Waals surface area contributed by atoms with Gasteiger partial charge in [0.15, 0.2) is 0 Å². The van der Waals surface area contributed by atoms with Crippen molar-refractivity contribution in [3.05, 3.63) is 39.6 Å². The van der Waals surface area contributed by atoms with Gasteiger partial charge in [-0.3, -0.25) is 4.63 Å². The maximum Gasteiger partial charge on any atom is 0.251 e. The molecule has 0 radical (unpaired) electrons. The highest BCUT2D eigenvalue weighted by molar-refractivity contribution is 9.10. The number of hydrogen-bond donors (Lipinski definition) is 0. The number of nitrogens with zero attached hydrogens (tertiary/aromatic N) is 2. The average molecular weight is 255 g/mol. The normalized spacial score (nSPS) is 10.4. The molecule has 0 amide bonds. The molecule has 72 valence electrons.